The third-order valence-electron chi connectivity index (χ3n) is 4.24. The van der Waals surface area contributed by atoms with Gasteiger partial charge in [-0.25, -0.2) is 5.01 Å². The lowest BCUT2D eigenvalue weighted by atomic mass is 10.0. The van der Waals surface area contributed by atoms with Crippen LogP contribution in [0.1, 0.15) is 34.1 Å². The van der Waals surface area contributed by atoms with E-state index < -0.39 is 0 Å². The zero-order chi connectivity index (χ0) is 18.1. The molecule has 1 aromatic heterocycles. The molecule has 4 rings (SSSR count). The largest absolute Gasteiger partial charge is 0.467 e. The lowest BCUT2D eigenvalue weighted by Crippen LogP contribution is -2.26. The summed E-state index contributed by atoms with van der Waals surface area (Å²) in [5, 5.41) is 6.62. The van der Waals surface area contributed by atoms with E-state index in [1.165, 1.54) is 5.01 Å². The normalized spacial score (nSPS) is 16.6. The molecular weight excluding hydrogens is 416 g/mol. The van der Waals surface area contributed by atoms with Crippen molar-refractivity contribution in [1.29, 1.82) is 0 Å². The first-order valence-electron chi connectivity index (χ1n) is 8.08. The van der Waals surface area contributed by atoms with Gasteiger partial charge >= 0.3 is 0 Å². The van der Waals surface area contributed by atoms with E-state index in [-0.39, 0.29) is 11.9 Å². The predicted molar refractivity (Wildman–Crippen MR) is 104 cm³/mol. The zero-order valence-corrected chi connectivity index (χ0v) is 15.9. The minimum atomic E-state index is -0.282. The smallest absolute Gasteiger partial charge is 0.274 e. The van der Waals surface area contributed by atoms with E-state index in [1.54, 1.807) is 30.5 Å². The third kappa shape index (κ3) is 3.32. The van der Waals surface area contributed by atoms with Gasteiger partial charge in [-0.1, -0.05) is 45.7 Å². The Labute approximate surface area is 164 Å². The van der Waals surface area contributed by atoms with E-state index in [0.717, 1.165) is 15.7 Å². The molecular formula is C20H14BrClN2O2. The maximum atomic E-state index is 13.0. The number of hydrogen-bond donors (Lipinski definition) is 0. The van der Waals surface area contributed by atoms with Gasteiger partial charge in [0.05, 0.1) is 12.0 Å². The standard InChI is InChI=1S/C20H14BrClN2O2/c21-15-8-6-13(7-9-15)17-12-18(19-5-2-10-26-19)24(23-17)20(25)14-3-1-4-16(22)11-14/h1-11,18H,12H2. The van der Waals surface area contributed by atoms with Crippen LogP contribution < -0.4 is 0 Å². The number of nitrogens with zero attached hydrogens (tertiary/aromatic N) is 2. The molecule has 0 N–H and O–H groups in total. The van der Waals surface area contributed by atoms with Crippen LogP contribution in [0.25, 0.3) is 0 Å². The second-order valence-electron chi connectivity index (χ2n) is 5.95. The molecule has 4 nitrogen and oxygen atoms in total. The van der Waals surface area contributed by atoms with Crippen LogP contribution in [0.2, 0.25) is 5.02 Å². The number of carbonyl (C=O) groups is 1. The van der Waals surface area contributed by atoms with Crippen molar-refractivity contribution in [2.24, 2.45) is 5.10 Å². The fraction of sp³-hybridized carbons (Fsp3) is 0.100. The van der Waals surface area contributed by atoms with Crippen molar-refractivity contribution in [1.82, 2.24) is 5.01 Å². The zero-order valence-electron chi connectivity index (χ0n) is 13.6. The SMILES string of the molecule is O=C(c1cccc(Cl)c1)N1N=C(c2ccc(Br)cc2)CC1c1ccco1. The highest BCUT2D eigenvalue weighted by Crippen LogP contribution is 2.34. The first-order valence-corrected chi connectivity index (χ1v) is 9.25. The third-order valence-corrected chi connectivity index (χ3v) is 5.00. The molecule has 0 spiro atoms. The Morgan fingerprint density at radius 1 is 1.15 bits per heavy atom. The summed E-state index contributed by atoms with van der Waals surface area (Å²) in [6.07, 6.45) is 2.19. The summed E-state index contributed by atoms with van der Waals surface area (Å²) in [6.45, 7) is 0. The van der Waals surface area contributed by atoms with Gasteiger partial charge in [-0.05, 0) is 48.0 Å². The van der Waals surface area contributed by atoms with Crippen LogP contribution in [0.5, 0.6) is 0 Å². The van der Waals surface area contributed by atoms with Crippen molar-refractivity contribution in [3.8, 4) is 0 Å². The molecule has 2 heterocycles. The van der Waals surface area contributed by atoms with Crippen LogP contribution in [0.4, 0.5) is 0 Å². The Morgan fingerprint density at radius 2 is 1.96 bits per heavy atom. The molecule has 0 fully saturated rings. The molecule has 6 heteroatoms. The molecule has 3 aromatic rings. The molecule has 0 saturated carbocycles. The summed E-state index contributed by atoms with van der Waals surface area (Å²) in [4.78, 5) is 13.0. The summed E-state index contributed by atoms with van der Waals surface area (Å²) in [7, 11) is 0. The van der Waals surface area contributed by atoms with Crippen LogP contribution in [0.15, 0.2) is 80.9 Å². The highest BCUT2D eigenvalue weighted by molar-refractivity contribution is 9.10. The second-order valence-corrected chi connectivity index (χ2v) is 7.30. The van der Waals surface area contributed by atoms with Crippen LogP contribution in [0.3, 0.4) is 0 Å². The average molecular weight is 430 g/mol. The average Bonchev–Trinajstić information content (AvgIpc) is 3.31. The summed E-state index contributed by atoms with van der Waals surface area (Å²) >= 11 is 9.48. The molecule has 1 atom stereocenters. The number of halogens is 2. The van der Waals surface area contributed by atoms with Crippen molar-refractivity contribution in [2.45, 2.75) is 12.5 Å². The van der Waals surface area contributed by atoms with E-state index in [4.69, 9.17) is 16.0 Å². The molecule has 130 valence electrons. The molecule has 0 radical (unpaired) electrons. The number of carbonyl (C=O) groups excluding carboxylic acids is 1. The van der Waals surface area contributed by atoms with Crippen molar-refractivity contribution in [3.63, 3.8) is 0 Å². The molecule has 1 aliphatic rings. The Morgan fingerprint density at radius 3 is 2.65 bits per heavy atom. The maximum absolute atomic E-state index is 13.0. The van der Waals surface area contributed by atoms with Gasteiger partial charge in [0, 0.05) is 21.5 Å². The Bertz CT molecular complexity index is 968. The lowest BCUT2D eigenvalue weighted by molar-refractivity contribution is 0.0693. The number of hydrazone groups is 1. The maximum Gasteiger partial charge on any atom is 0.274 e. The Kier molecular flexibility index (Phi) is 4.66. The summed E-state index contributed by atoms with van der Waals surface area (Å²) in [6, 6.07) is 18.2. The lowest BCUT2D eigenvalue weighted by Gasteiger charge is -2.20. The van der Waals surface area contributed by atoms with Crippen molar-refractivity contribution in [3.05, 3.63) is 93.3 Å². The Hall–Kier alpha value is -2.37. The van der Waals surface area contributed by atoms with Crippen molar-refractivity contribution in [2.75, 3.05) is 0 Å². The fourth-order valence-corrected chi connectivity index (χ4v) is 3.43. The van der Waals surface area contributed by atoms with E-state index in [1.807, 2.05) is 36.4 Å². The van der Waals surface area contributed by atoms with Crippen LogP contribution >= 0.6 is 27.5 Å². The summed E-state index contributed by atoms with van der Waals surface area (Å²) < 4.78 is 6.55. The molecule has 0 saturated heterocycles. The molecule has 1 amide bonds. The second kappa shape index (κ2) is 7.09. The number of amides is 1. The number of furan rings is 1. The monoisotopic (exact) mass is 428 g/mol. The minimum Gasteiger partial charge on any atom is -0.467 e. The molecule has 26 heavy (non-hydrogen) atoms. The Balaban J connectivity index is 1.72. The molecule has 0 bridgehead atoms. The van der Waals surface area contributed by atoms with Gasteiger partial charge in [0.1, 0.15) is 11.8 Å². The van der Waals surface area contributed by atoms with Gasteiger partial charge in [-0.2, -0.15) is 5.10 Å². The summed E-state index contributed by atoms with van der Waals surface area (Å²) in [5.41, 5.74) is 2.32. The van der Waals surface area contributed by atoms with E-state index in [2.05, 4.69) is 21.0 Å². The van der Waals surface area contributed by atoms with Gasteiger partial charge in [0.15, 0.2) is 0 Å². The minimum absolute atomic E-state index is 0.207. The fourth-order valence-electron chi connectivity index (χ4n) is 2.97. The van der Waals surface area contributed by atoms with Gasteiger partial charge in [0.2, 0.25) is 0 Å². The van der Waals surface area contributed by atoms with Crippen molar-refractivity contribution < 1.29 is 9.21 Å². The highest BCUT2D eigenvalue weighted by Gasteiger charge is 2.35. The van der Waals surface area contributed by atoms with Gasteiger partial charge in [-0.15, -0.1) is 0 Å². The van der Waals surface area contributed by atoms with Crippen LogP contribution in [0, 0.1) is 0 Å². The van der Waals surface area contributed by atoms with Gasteiger partial charge in [-0.3, -0.25) is 4.79 Å². The van der Waals surface area contributed by atoms with Gasteiger partial charge in [0.25, 0.3) is 5.91 Å². The number of benzene rings is 2. The first kappa shape index (κ1) is 17.1. The quantitative estimate of drug-likeness (QED) is 0.537. The first-order chi connectivity index (χ1) is 12.6. The summed E-state index contributed by atoms with van der Waals surface area (Å²) in [5.74, 6) is 0.497. The van der Waals surface area contributed by atoms with Gasteiger partial charge < -0.3 is 4.42 Å². The molecule has 1 unspecified atom stereocenters. The van der Waals surface area contributed by atoms with Crippen molar-refractivity contribution >= 4 is 39.1 Å². The molecule has 2 aromatic carbocycles. The van der Waals surface area contributed by atoms with Crippen LogP contribution in [-0.2, 0) is 0 Å². The van der Waals surface area contributed by atoms with E-state index >= 15 is 0 Å². The van der Waals surface area contributed by atoms with E-state index in [9.17, 15) is 4.79 Å². The molecule has 1 aliphatic heterocycles. The number of rotatable bonds is 3. The van der Waals surface area contributed by atoms with Crippen LogP contribution in [-0.4, -0.2) is 16.6 Å². The van der Waals surface area contributed by atoms with E-state index in [0.29, 0.717) is 22.8 Å². The predicted octanol–water partition coefficient (Wildman–Crippen LogP) is 5.69. The number of hydrogen-bond acceptors (Lipinski definition) is 3. The topological polar surface area (TPSA) is 45.8 Å². The molecule has 0 aliphatic carbocycles. The highest BCUT2D eigenvalue weighted by atomic mass is 79.9.